The molecule has 3 heterocycles. The topological polar surface area (TPSA) is 119 Å². The highest BCUT2D eigenvalue weighted by atomic mass is 35.5. The first kappa shape index (κ1) is 24.1. The second-order valence-corrected chi connectivity index (χ2v) is 8.72. The van der Waals surface area contributed by atoms with Crippen molar-refractivity contribution in [1.82, 2.24) is 19.9 Å². The number of hydrogen-bond acceptors (Lipinski definition) is 6. The zero-order valence-electron chi connectivity index (χ0n) is 19.4. The summed E-state index contributed by atoms with van der Waals surface area (Å²) in [4.78, 5) is 29.0. The Kier molecular flexibility index (Phi) is 6.87. The van der Waals surface area contributed by atoms with Gasteiger partial charge in [0.2, 0.25) is 0 Å². The average Bonchev–Trinajstić information content (AvgIpc) is 3.58. The lowest BCUT2D eigenvalue weighted by atomic mass is 10.1. The van der Waals surface area contributed by atoms with Crippen LogP contribution in [0.25, 0.3) is 16.9 Å². The summed E-state index contributed by atoms with van der Waals surface area (Å²) in [6.07, 6.45) is 4.74. The average molecular weight is 517 g/mol. The van der Waals surface area contributed by atoms with E-state index in [4.69, 9.17) is 20.8 Å². The molecule has 3 aromatic heterocycles. The normalized spacial score (nSPS) is 11.8. The molecule has 0 saturated heterocycles. The van der Waals surface area contributed by atoms with Crippen LogP contribution in [0.15, 0.2) is 89.9 Å². The first-order chi connectivity index (χ1) is 17.9. The quantitative estimate of drug-likeness (QED) is 0.293. The van der Waals surface area contributed by atoms with E-state index in [9.17, 15) is 14.7 Å². The number of halogens is 1. The van der Waals surface area contributed by atoms with Crippen LogP contribution in [0.1, 0.15) is 21.6 Å². The fraction of sp³-hybridized carbons (Fsp3) is 0.111. The van der Waals surface area contributed by atoms with E-state index in [0.717, 1.165) is 16.7 Å². The third-order valence-electron chi connectivity index (χ3n) is 5.64. The van der Waals surface area contributed by atoms with E-state index >= 15 is 0 Å². The molecule has 0 fully saturated rings. The summed E-state index contributed by atoms with van der Waals surface area (Å²) in [5, 5.41) is 17.4. The lowest BCUT2D eigenvalue weighted by Gasteiger charge is -2.14. The molecule has 186 valence electrons. The Morgan fingerprint density at radius 1 is 1.03 bits per heavy atom. The number of carboxylic acid groups (broad SMARTS) is 1. The molecule has 0 bridgehead atoms. The summed E-state index contributed by atoms with van der Waals surface area (Å²) in [6.45, 7) is 0.360. The maximum atomic E-state index is 12.8. The van der Waals surface area contributed by atoms with Gasteiger partial charge in [-0.25, -0.2) is 14.3 Å². The summed E-state index contributed by atoms with van der Waals surface area (Å²) in [5.41, 5.74) is 3.69. The number of aliphatic carboxylic acids is 1. The number of carbonyl (C=O) groups is 2. The molecule has 0 saturated carbocycles. The molecule has 10 heteroatoms. The van der Waals surface area contributed by atoms with E-state index in [1.807, 2.05) is 18.2 Å². The van der Waals surface area contributed by atoms with Gasteiger partial charge in [0.25, 0.3) is 5.91 Å². The molecule has 1 amide bonds. The summed E-state index contributed by atoms with van der Waals surface area (Å²) < 4.78 is 12.2. The van der Waals surface area contributed by atoms with Crippen LogP contribution in [0.4, 0.5) is 0 Å². The highest BCUT2D eigenvalue weighted by Crippen LogP contribution is 2.20. The lowest BCUT2D eigenvalue weighted by molar-refractivity contribution is -0.139. The number of furan rings is 1. The van der Waals surface area contributed by atoms with Crippen molar-refractivity contribution in [2.45, 2.75) is 19.1 Å². The van der Waals surface area contributed by atoms with E-state index < -0.39 is 17.9 Å². The molecule has 0 spiro atoms. The van der Waals surface area contributed by atoms with Gasteiger partial charge in [-0.15, -0.1) is 0 Å². The number of hydrogen-bond donors (Lipinski definition) is 2. The summed E-state index contributed by atoms with van der Waals surface area (Å²) in [5.74, 6) is -1.12. The molecule has 0 unspecified atom stereocenters. The first-order valence-electron chi connectivity index (χ1n) is 11.3. The van der Waals surface area contributed by atoms with E-state index in [1.54, 1.807) is 61.1 Å². The van der Waals surface area contributed by atoms with Gasteiger partial charge in [0.05, 0.1) is 24.4 Å². The number of imidazole rings is 1. The Bertz CT molecular complexity index is 1530. The molecular formula is C27H21ClN4O5. The second-order valence-electron chi connectivity index (χ2n) is 8.29. The Balaban J connectivity index is 1.25. The van der Waals surface area contributed by atoms with Crippen molar-refractivity contribution >= 4 is 29.1 Å². The van der Waals surface area contributed by atoms with Crippen molar-refractivity contribution < 1.29 is 23.8 Å². The van der Waals surface area contributed by atoms with Crippen molar-refractivity contribution in [3.05, 3.63) is 107 Å². The molecule has 9 nitrogen and oxygen atoms in total. The van der Waals surface area contributed by atoms with Gasteiger partial charge in [-0.05, 0) is 48.0 Å². The van der Waals surface area contributed by atoms with Crippen LogP contribution >= 0.6 is 11.6 Å². The minimum absolute atomic E-state index is 0.0648. The first-order valence-corrected chi connectivity index (χ1v) is 11.7. The zero-order chi connectivity index (χ0) is 25.8. The van der Waals surface area contributed by atoms with Gasteiger partial charge in [0.15, 0.2) is 5.65 Å². The Morgan fingerprint density at radius 2 is 1.81 bits per heavy atom. The number of nitrogens with zero attached hydrogens (tertiary/aromatic N) is 3. The highest BCUT2D eigenvalue weighted by Gasteiger charge is 2.23. The SMILES string of the molecule is O=C(N[C@@H](Cc1ccc(OCc2ccoc2)cc1)C(=O)O)c1cn2nc(-c3ccc(Cl)cc3)ccc2n1. The molecule has 0 radical (unpaired) electrons. The van der Waals surface area contributed by atoms with Gasteiger partial charge < -0.3 is 19.6 Å². The maximum absolute atomic E-state index is 12.8. The van der Waals surface area contributed by atoms with E-state index in [-0.39, 0.29) is 12.1 Å². The van der Waals surface area contributed by atoms with Crippen LogP contribution in [0, 0.1) is 0 Å². The van der Waals surface area contributed by atoms with Gasteiger partial charge in [0.1, 0.15) is 24.1 Å². The number of ether oxygens (including phenoxy) is 1. The van der Waals surface area contributed by atoms with E-state index in [1.165, 1.54) is 10.7 Å². The van der Waals surface area contributed by atoms with Crippen molar-refractivity contribution in [2.75, 3.05) is 0 Å². The van der Waals surface area contributed by atoms with Crippen LogP contribution in [0.3, 0.4) is 0 Å². The van der Waals surface area contributed by atoms with Crippen molar-refractivity contribution in [1.29, 1.82) is 0 Å². The predicted molar refractivity (Wildman–Crippen MR) is 136 cm³/mol. The summed E-state index contributed by atoms with van der Waals surface area (Å²) in [7, 11) is 0. The summed E-state index contributed by atoms with van der Waals surface area (Å²) >= 11 is 5.95. The molecule has 1 atom stereocenters. The van der Waals surface area contributed by atoms with Gasteiger partial charge in [-0.3, -0.25) is 4.79 Å². The maximum Gasteiger partial charge on any atom is 0.326 e. The van der Waals surface area contributed by atoms with Gasteiger partial charge in [-0.2, -0.15) is 5.10 Å². The fourth-order valence-corrected chi connectivity index (χ4v) is 3.82. The highest BCUT2D eigenvalue weighted by molar-refractivity contribution is 6.30. The van der Waals surface area contributed by atoms with Crippen LogP contribution in [0.5, 0.6) is 5.75 Å². The van der Waals surface area contributed by atoms with Crippen molar-refractivity contribution in [3.8, 4) is 17.0 Å². The molecular weight excluding hydrogens is 496 g/mol. The van der Waals surface area contributed by atoms with Gasteiger partial charge in [-0.1, -0.05) is 35.9 Å². The number of benzene rings is 2. The molecule has 5 aromatic rings. The molecule has 0 aliphatic carbocycles. The van der Waals surface area contributed by atoms with E-state index in [2.05, 4.69) is 15.4 Å². The molecule has 0 aliphatic heterocycles. The molecule has 2 aromatic carbocycles. The summed E-state index contributed by atoms with van der Waals surface area (Å²) in [6, 6.07) is 18.4. The largest absolute Gasteiger partial charge is 0.489 e. The van der Waals surface area contributed by atoms with Crippen LogP contribution in [0.2, 0.25) is 5.02 Å². The van der Waals surface area contributed by atoms with Crippen molar-refractivity contribution in [3.63, 3.8) is 0 Å². The second kappa shape index (κ2) is 10.5. The number of nitrogens with one attached hydrogen (secondary N) is 1. The zero-order valence-corrected chi connectivity index (χ0v) is 20.1. The number of carboxylic acids is 1. The smallest absolute Gasteiger partial charge is 0.326 e. The molecule has 2 N–H and O–H groups in total. The van der Waals surface area contributed by atoms with Crippen LogP contribution in [-0.4, -0.2) is 37.6 Å². The minimum Gasteiger partial charge on any atom is -0.489 e. The third kappa shape index (κ3) is 5.79. The standard InChI is InChI=1S/C27H21ClN4O5/c28-20-5-3-19(4-6-20)22-9-10-25-29-24(14-32(25)31-22)26(33)30-23(27(34)35)13-17-1-7-21(8-2-17)37-16-18-11-12-36-15-18/h1-12,14-15,23H,13,16H2,(H,30,33)(H,34,35)/t23-/m0/s1. The number of amides is 1. The van der Waals surface area contributed by atoms with Crippen LogP contribution < -0.4 is 10.1 Å². The number of rotatable bonds is 9. The predicted octanol–water partition coefficient (Wildman–Crippen LogP) is 4.65. The lowest BCUT2D eigenvalue weighted by Crippen LogP contribution is -2.42. The minimum atomic E-state index is -1.15. The molecule has 5 rings (SSSR count). The molecule has 0 aliphatic rings. The monoisotopic (exact) mass is 516 g/mol. The Labute approximate surface area is 216 Å². The van der Waals surface area contributed by atoms with Gasteiger partial charge in [0, 0.05) is 22.6 Å². The number of fused-ring (bicyclic) bond motifs is 1. The Hall–Kier alpha value is -4.63. The molecule has 37 heavy (non-hydrogen) atoms. The van der Waals surface area contributed by atoms with E-state index in [0.29, 0.717) is 28.7 Å². The fourth-order valence-electron chi connectivity index (χ4n) is 3.70. The van der Waals surface area contributed by atoms with Crippen LogP contribution in [-0.2, 0) is 17.8 Å². The Morgan fingerprint density at radius 3 is 2.51 bits per heavy atom. The third-order valence-corrected chi connectivity index (χ3v) is 5.90. The number of aromatic nitrogens is 3. The number of carbonyl (C=O) groups excluding carboxylic acids is 1. The van der Waals surface area contributed by atoms with Gasteiger partial charge >= 0.3 is 5.97 Å². The van der Waals surface area contributed by atoms with Crippen molar-refractivity contribution in [2.24, 2.45) is 0 Å².